The molecule has 2 aromatic carbocycles. The van der Waals surface area contributed by atoms with Gasteiger partial charge in [-0.15, -0.1) is 0 Å². The molecule has 1 amide bonds. The molecule has 1 heterocycles. The number of aryl methyl sites for hydroxylation is 2. The van der Waals surface area contributed by atoms with E-state index in [0.29, 0.717) is 22.7 Å². The van der Waals surface area contributed by atoms with Crippen LogP contribution in [-0.4, -0.2) is 12.7 Å². The highest BCUT2D eigenvalue weighted by atomic mass is 16.7. The van der Waals surface area contributed by atoms with E-state index in [4.69, 9.17) is 9.47 Å². The molecule has 0 saturated carbocycles. The molecule has 0 saturated heterocycles. The fourth-order valence-corrected chi connectivity index (χ4v) is 2.56. The van der Waals surface area contributed by atoms with Crippen molar-refractivity contribution in [3.63, 3.8) is 0 Å². The van der Waals surface area contributed by atoms with Crippen molar-refractivity contribution >= 4 is 17.7 Å². The quantitative estimate of drug-likeness (QED) is 0.693. The number of nitrogens with zero attached hydrogens (tertiary/aromatic N) is 1. The fraction of sp³-hybridized carbons (Fsp3) is 0.158. The lowest BCUT2D eigenvalue weighted by molar-refractivity contribution is -0.112. The average molecular weight is 320 g/mol. The number of nitrogens with one attached hydrogen (secondary N) is 1. The second-order valence-electron chi connectivity index (χ2n) is 5.61. The summed E-state index contributed by atoms with van der Waals surface area (Å²) in [6.07, 6.45) is 1.53. The minimum atomic E-state index is -0.444. The van der Waals surface area contributed by atoms with Crippen molar-refractivity contribution in [1.29, 1.82) is 5.26 Å². The molecular weight excluding hydrogens is 304 g/mol. The van der Waals surface area contributed by atoms with Crippen LogP contribution in [0.25, 0.3) is 6.08 Å². The Morgan fingerprint density at radius 2 is 1.83 bits per heavy atom. The van der Waals surface area contributed by atoms with E-state index in [0.717, 1.165) is 11.1 Å². The van der Waals surface area contributed by atoms with Gasteiger partial charge in [-0.2, -0.15) is 5.26 Å². The third kappa shape index (κ3) is 3.39. The molecule has 3 rings (SSSR count). The molecule has 0 aliphatic carbocycles. The van der Waals surface area contributed by atoms with Gasteiger partial charge in [0.05, 0.1) is 0 Å². The fourth-order valence-electron chi connectivity index (χ4n) is 2.56. The highest BCUT2D eigenvalue weighted by Crippen LogP contribution is 2.33. The monoisotopic (exact) mass is 320 g/mol. The zero-order chi connectivity index (χ0) is 17.1. The number of anilines is 1. The summed E-state index contributed by atoms with van der Waals surface area (Å²) in [5.74, 6) is 0.821. The number of amides is 1. The first-order valence-corrected chi connectivity index (χ1v) is 7.46. The first kappa shape index (κ1) is 15.6. The van der Waals surface area contributed by atoms with E-state index in [1.807, 2.05) is 38.1 Å². The predicted octanol–water partition coefficient (Wildman–Crippen LogP) is 3.58. The van der Waals surface area contributed by atoms with Crippen LogP contribution in [0.5, 0.6) is 11.5 Å². The van der Waals surface area contributed by atoms with E-state index >= 15 is 0 Å². The van der Waals surface area contributed by atoms with Crippen molar-refractivity contribution in [2.45, 2.75) is 13.8 Å². The summed E-state index contributed by atoms with van der Waals surface area (Å²) in [5, 5.41) is 12.1. The molecule has 5 heteroatoms. The number of carbonyl (C=O) groups is 1. The Balaban J connectivity index is 1.82. The smallest absolute Gasteiger partial charge is 0.266 e. The summed E-state index contributed by atoms with van der Waals surface area (Å²) in [5.41, 5.74) is 3.48. The standard InChI is InChI=1S/C19H16N2O3/c1-12-5-13(2)7-16(6-12)21-19(22)15(10-20)8-14-3-4-17-18(9-14)24-11-23-17/h3-9H,11H2,1-2H3,(H,21,22)/b15-8+. The SMILES string of the molecule is Cc1cc(C)cc(NC(=O)/C(C#N)=C/c2ccc3c(c2)OCO3)c1. The second-order valence-corrected chi connectivity index (χ2v) is 5.61. The summed E-state index contributed by atoms with van der Waals surface area (Å²) in [7, 11) is 0. The van der Waals surface area contributed by atoms with E-state index in [1.165, 1.54) is 6.08 Å². The number of ether oxygens (including phenoxy) is 2. The molecule has 2 aromatic rings. The first-order valence-electron chi connectivity index (χ1n) is 7.46. The minimum Gasteiger partial charge on any atom is -0.454 e. The van der Waals surface area contributed by atoms with Gasteiger partial charge in [-0.3, -0.25) is 4.79 Å². The van der Waals surface area contributed by atoms with Crippen molar-refractivity contribution in [1.82, 2.24) is 0 Å². The molecule has 120 valence electrons. The Hall–Kier alpha value is -3.26. The van der Waals surface area contributed by atoms with Gasteiger partial charge in [-0.1, -0.05) is 12.1 Å². The van der Waals surface area contributed by atoms with Crippen LogP contribution in [0.4, 0.5) is 5.69 Å². The Morgan fingerprint density at radius 3 is 2.54 bits per heavy atom. The first-order chi connectivity index (χ1) is 11.5. The van der Waals surface area contributed by atoms with Gasteiger partial charge >= 0.3 is 0 Å². The van der Waals surface area contributed by atoms with Crippen LogP contribution in [0.15, 0.2) is 42.0 Å². The zero-order valence-corrected chi connectivity index (χ0v) is 13.4. The molecule has 1 aliphatic rings. The third-order valence-corrected chi connectivity index (χ3v) is 3.55. The van der Waals surface area contributed by atoms with Crippen molar-refractivity contribution in [3.8, 4) is 17.6 Å². The molecule has 0 atom stereocenters. The number of nitriles is 1. The predicted molar refractivity (Wildman–Crippen MR) is 90.7 cm³/mol. The number of rotatable bonds is 3. The summed E-state index contributed by atoms with van der Waals surface area (Å²) < 4.78 is 10.5. The van der Waals surface area contributed by atoms with Gasteiger partial charge in [0.1, 0.15) is 11.6 Å². The van der Waals surface area contributed by atoms with E-state index in [2.05, 4.69) is 5.32 Å². The normalized spacial score (nSPS) is 12.6. The molecule has 1 aliphatic heterocycles. The number of hydrogen-bond donors (Lipinski definition) is 1. The molecule has 0 fully saturated rings. The maximum Gasteiger partial charge on any atom is 0.266 e. The molecule has 0 unspecified atom stereocenters. The minimum absolute atomic E-state index is 0.0213. The number of hydrogen-bond acceptors (Lipinski definition) is 4. The van der Waals surface area contributed by atoms with Crippen LogP contribution in [0.2, 0.25) is 0 Å². The number of carbonyl (C=O) groups excluding carboxylic acids is 1. The molecular formula is C19H16N2O3. The van der Waals surface area contributed by atoms with Crippen molar-refractivity contribution in [2.75, 3.05) is 12.1 Å². The summed E-state index contributed by atoms with van der Waals surface area (Å²) in [6, 6.07) is 13.0. The van der Waals surface area contributed by atoms with Gasteiger partial charge < -0.3 is 14.8 Å². The molecule has 0 bridgehead atoms. The largest absolute Gasteiger partial charge is 0.454 e. The Morgan fingerprint density at radius 1 is 1.12 bits per heavy atom. The maximum atomic E-state index is 12.3. The lowest BCUT2D eigenvalue weighted by atomic mass is 10.1. The summed E-state index contributed by atoms with van der Waals surface area (Å²) >= 11 is 0. The van der Waals surface area contributed by atoms with Crippen molar-refractivity contribution in [2.24, 2.45) is 0 Å². The Kier molecular flexibility index (Phi) is 4.21. The van der Waals surface area contributed by atoms with Crippen LogP contribution in [-0.2, 0) is 4.79 Å². The Bertz CT molecular complexity index is 858. The van der Waals surface area contributed by atoms with Crippen LogP contribution < -0.4 is 14.8 Å². The Labute approximate surface area is 140 Å². The van der Waals surface area contributed by atoms with Crippen LogP contribution in [0, 0.1) is 25.2 Å². The second kappa shape index (κ2) is 6.47. The highest BCUT2D eigenvalue weighted by Gasteiger charge is 2.14. The summed E-state index contributed by atoms with van der Waals surface area (Å²) in [4.78, 5) is 12.3. The van der Waals surface area contributed by atoms with Gasteiger partial charge in [0.2, 0.25) is 6.79 Å². The highest BCUT2D eigenvalue weighted by molar-refractivity contribution is 6.09. The molecule has 24 heavy (non-hydrogen) atoms. The molecule has 1 N–H and O–H groups in total. The van der Waals surface area contributed by atoms with Gasteiger partial charge in [0.25, 0.3) is 5.91 Å². The van der Waals surface area contributed by atoms with Gasteiger partial charge in [-0.05, 0) is 60.9 Å². The average Bonchev–Trinajstić information content (AvgIpc) is 2.99. The van der Waals surface area contributed by atoms with Crippen molar-refractivity contribution in [3.05, 3.63) is 58.7 Å². The van der Waals surface area contributed by atoms with Crippen LogP contribution in [0.1, 0.15) is 16.7 Å². The molecule has 0 spiro atoms. The maximum absolute atomic E-state index is 12.3. The van der Waals surface area contributed by atoms with E-state index in [-0.39, 0.29) is 12.4 Å². The number of fused-ring (bicyclic) bond motifs is 1. The van der Waals surface area contributed by atoms with E-state index in [1.54, 1.807) is 18.2 Å². The third-order valence-electron chi connectivity index (χ3n) is 3.55. The molecule has 0 aromatic heterocycles. The molecule has 0 radical (unpaired) electrons. The van der Waals surface area contributed by atoms with Gasteiger partial charge in [0, 0.05) is 5.69 Å². The summed E-state index contributed by atoms with van der Waals surface area (Å²) in [6.45, 7) is 4.09. The van der Waals surface area contributed by atoms with Gasteiger partial charge in [-0.25, -0.2) is 0 Å². The van der Waals surface area contributed by atoms with Crippen LogP contribution in [0.3, 0.4) is 0 Å². The van der Waals surface area contributed by atoms with E-state index < -0.39 is 5.91 Å². The lowest BCUT2D eigenvalue weighted by Gasteiger charge is -2.07. The van der Waals surface area contributed by atoms with Gasteiger partial charge in [0.15, 0.2) is 11.5 Å². The van der Waals surface area contributed by atoms with Crippen molar-refractivity contribution < 1.29 is 14.3 Å². The lowest BCUT2D eigenvalue weighted by Crippen LogP contribution is -2.13. The molecule has 5 nitrogen and oxygen atoms in total. The topological polar surface area (TPSA) is 71.4 Å². The zero-order valence-electron chi connectivity index (χ0n) is 13.4. The number of benzene rings is 2. The van der Waals surface area contributed by atoms with Crippen LogP contribution >= 0.6 is 0 Å². The van der Waals surface area contributed by atoms with E-state index in [9.17, 15) is 10.1 Å².